The number of nitrogens with zero attached hydrogens (tertiary/aromatic N) is 4. The van der Waals surface area contributed by atoms with E-state index in [-0.39, 0.29) is 5.69 Å². The van der Waals surface area contributed by atoms with Crippen molar-refractivity contribution in [3.05, 3.63) is 64.5 Å². The number of nitro groups is 1. The van der Waals surface area contributed by atoms with Gasteiger partial charge in [0, 0.05) is 30.3 Å². The van der Waals surface area contributed by atoms with Gasteiger partial charge in [-0.25, -0.2) is 0 Å². The molecule has 0 radical (unpaired) electrons. The highest BCUT2D eigenvalue weighted by atomic mass is 32.2. The lowest BCUT2D eigenvalue weighted by molar-refractivity contribution is -0.384. The zero-order valence-electron chi connectivity index (χ0n) is 10.7. The van der Waals surface area contributed by atoms with Gasteiger partial charge in [0.1, 0.15) is 0 Å². The summed E-state index contributed by atoms with van der Waals surface area (Å²) in [6.45, 7) is 0. The molecule has 106 valence electrons. The van der Waals surface area contributed by atoms with Gasteiger partial charge in [-0.3, -0.25) is 14.7 Å². The third-order valence-electron chi connectivity index (χ3n) is 2.73. The first kappa shape index (κ1) is 13.8. The first-order valence-electron chi connectivity index (χ1n) is 6.05. The largest absolute Gasteiger partial charge is 0.299 e. The highest BCUT2D eigenvalue weighted by Crippen LogP contribution is 2.28. The zero-order valence-corrected chi connectivity index (χ0v) is 12.4. The van der Waals surface area contributed by atoms with Crippen molar-refractivity contribution in [2.45, 2.75) is 10.1 Å². The third kappa shape index (κ3) is 3.29. The second kappa shape index (κ2) is 6.06. The van der Waals surface area contributed by atoms with Crippen molar-refractivity contribution in [3.8, 4) is 5.13 Å². The normalized spacial score (nSPS) is 10.7. The van der Waals surface area contributed by atoms with E-state index in [0.717, 1.165) is 15.0 Å². The minimum Gasteiger partial charge on any atom is -0.299 e. The number of thioether (sulfide) groups is 1. The predicted octanol–water partition coefficient (Wildman–Crippen LogP) is 3.53. The molecule has 0 aliphatic rings. The Kier molecular flexibility index (Phi) is 3.98. The van der Waals surface area contributed by atoms with E-state index < -0.39 is 4.92 Å². The maximum Gasteiger partial charge on any atom is 0.269 e. The van der Waals surface area contributed by atoms with Crippen molar-refractivity contribution in [1.29, 1.82) is 0 Å². The molecule has 3 rings (SSSR count). The fourth-order valence-electron chi connectivity index (χ4n) is 1.69. The van der Waals surface area contributed by atoms with Gasteiger partial charge in [-0.05, 0) is 17.7 Å². The van der Waals surface area contributed by atoms with Crippen LogP contribution in [0.5, 0.6) is 0 Å². The molecular weight excluding hydrogens is 308 g/mol. The summed E-state index contributed by atoms with van der Waals surface area (Å²) in [5.74, 6) is 0.707. The van der Waals surface area contributed by atoms with Crippen LogP contribution in [-0.4, -0.2) is 19.7 Å². The van der Waals surface area contributed by atoms with E-state index in [1.807, 2.05) is 29.1 Å². The van der Waals surface area contributed by atoms with Crippen molar-refractivity contribution in [2.24, 2.45) is 0 Å². The van der Waals surface area contributed by atoms with Crippen LogP contribution in [0.25, 0.3) is 5.13 Å². The van der Waals surface area contributed by atoms with Crippen LogP contribution in [0.4, 0.5) is 5.69 Å². The molecule has 0 spiro atoms. The van der Waals surface area contributed by atoms with Gasteiger partial charge in [0.2, 0.25) is 5.13 Å². The molecule has 0 unspecified atom stereocenters. The van der Waals surface area contributed by atoms with Gasteiger partial charge in [0.15, 0.2) is 4.34 Å². The van der Waals surface area contributed by atoms with Crippen molar-refractivity contribution in [2.75, 3.05) is 0 Å². The molecule has 0 fully saturated rings. The Morgan fingerprint density at radius 3 is 2.57 bits per heavy atom. The van der Waals surface area contributed by atoms with Crippen molar-refractivity contribution >= 4 is 28.8 Å². The highest BCUT2D eigenvalue weighted by molar-refractivity contribution is 8.00. The smallest absolute Gasteiger partial charge is 0.269 e. The van der Waals surface area contributed by atoms with Crippen LogP contribution in [0.2, 0.25) is 0 Å². The van der Waals surface area contributed by atoms with Crippen molar-refractivity contribution < 1.29 is 4.92 Å². The molecule has 0 aliphatic carbocycles. The van der Waals surface area contributed by atoms with Crippen molar-refractivity contribution in [3.63, 3.8) is 0 Å². The second-order valence-corrected chi connectivity index (χ2v) is 6.33. The van der Waals surface area contributed by atoms with Crippen LogP contribution >= 0.6 is 23.1 Å². The summed E-state index contributed by atoms with van der Waals surface area (Å²) in [4.78, 5) is 10.2. The van der Waals surface area contributed by atoms with Gasteiger partial charge >= 0.3 is 0 Å². The number of benzene rings is 1. The molecule has 1 aromatic carbocycles. The minimum atomic E-state index is -0.398. The second-order valence-electron chi connectivity index (χ2n) is 4.15. The molecule has 8 heteroatoms. The topological polar surface area (TPSA) is 73.8 Å². The van der Waals surface area contributed by atoms with Crippen molar-refractivity contribution in [1.82, 2.24) is 14.8 Å². The van der Waals surface area contributed by atoms with Crippen LogP contribution in [0, 0.1) is 10.1 Å². The van der Waals surface area contributed by atoms with E-state index in [4.69, 9.17) is 0 Å². The molecule has 0 N–H and O–H groups in total. The molecule has 0 aliphatic heterocycles. The Morgan fingerprint density at radius 2 is 1.90 bits per heavy atom. The zero-order chi connectivity index (χ0) is 14.7. The fourth-order valence-corrected chi connectivity index (χ4v) is 3.45. The maximum absolute atomic E-state index is 10.6. The Morgan fingerprint density at radius 1 is 1.19 bits per heavy atom. The average Bonchev–Trinajstić information content (AvgIpc) is 3.16. The Labute approximate surface area is 128 Å². The molecule has 0 bridgehead atoms. The molecule has 21 heavy (non-hydrogen) atoms. The average molecular weight is 318 g/mol. The first-order valence-corrected chi connectivity index (χ1v) is 7.85. The summed E-state index contributed by atoms with van der Waals surface area (Å²) < 4.78 is 2.78. The number of hydrogen-bond donors (Lipinski definition) is 0. The monoisotopic (exact) mass is 318 g/mol. The van der Waals surface area contributed by atoms with Gasteiger partial charge in [-0.1, -0.05) is 35.2 Å². The van der Waals surface area contributed by atoms with Gasteiger partial charge in [0.25, 0.3) is 5.69 Å². The van der Waals surface area contributed by atoms with E-state index in [1.165, 1.54) is 23.5 Å². The summed E-state index contributed by atoms with van der Waals surface area (Å²) in [6.07, 6.45) is 3.84. The summed E-state index contributed by atoms with van der Waals surface area (Å²) in [5.41, 5.74) is 1.12. The summed E-state index contributed by atoms with van der Waals surface area (Å²) in [6, 6.07) is 10.4. The lowest BCUT2D eigenvalue weighted by atomic mass is 10.2. The number of non-ortho nitro benzene ring substituents is 1. The quantitative estimate of drug-likeness (QED) is 0.409. The van der Waals surface area contributed by atoms with Crippen LogP contribution in [0.3, 0.4) is 0 Å². The van der Waals surface area contributed by atoms with Gasteiger partial charge < -0.3 is 0 Å². The molecule has 0 saturated heterocycles. The van der Waals surface area contributed by atoms with E-state index in [2.05, 4.69) is 10.2 Å². The molecule has 0 atom stereocenters. The van der Waals surface area contributed by atoms with E-state index >= 15 is 0 Å². The maximum atomic E-state index is 10.6. The van der Waals surface area contributed by atoms with Gasteiger partial charge in [0.05, 0.1) is 4.92 Å². The summed E-state index contributed by atoms with van der Waals surface area (Å²) in [5, 5.41) is 19.7. The van der Waals surface area contributed by atoms with Crippen LogP contribution in [0.15, 0.2) is 53.1 Å². The Hall–Kier alpha value is -2.19. The van der Waals surface area contributed by atoms with E-state index in [0.29, 0.717) is 5.75 Å². The summed E-state index contributed by atoms with van der Waals surface area (Å²) >= 11 is 3.08. The molecule has 2 heterocycles. The molecular formula is C13H10N4O2S2. The molecule has 0 amide bonds. The first-order chi connectivity index (χ1) is 10.2. The lowest BCUT2D eigenvalue weighted by Crippen LogP contribution is -1.88. The molecule has 6 nitrogen and oxygen atoms in total. The molecule has 3 aromatic rings. The third-order valence-corrected chi connectivity index (χ3v) is 4.87. The number of aromatic nitrogens is 3. The molecule has 2 aromatic heterocycles. The number of hydrogen-bond acceptors (Lipinski definition) is 6. The highest BCUT2D eigenvalue weighted by Gasteiger charge is 2.08. The molecule has 0 saturated carbocycles. The fraction of sp³-hybridized carbons (Fsp3) is 0.0769. The van der Waals surface area contributed by atoms with Crippen LogP contribution in [0.1, 0.15) is 5.56 Å². The number of nitro benzene ring substituents is 1. The van der Waals surface area contributed by atoms with Gasteiger partial charge in [-0.2, -0.15) is 0 Å². The number of rotatable bonds is 5. The lowest BCUT2D eigenvalue weighted by Gasteiger charge is -1.98. The Bertz CT molecular complexity index is 738. The van der Waals surface area contributed by atoms with Crippen LogP contribution in [-0.2, 0) is 5.75 Å². The summed E-state index contributed by atoms with van der Waals surface area (Å²) in [7, 11) is 0. The van der Waals surface area contributed by atoms with E-state index in [9.17, 15) is 10.1 Å². The van der Waals surface area contributed by atoms with E-state index in [1.54, 1.807) is 23.9 Å². The van der Waals surface area contributed by atoms with Crippen LogP contribution < -0.4 is 0 Å². The predicted molar refractivity (Wildman–Crippen MR) is 81.9 cm³/mol. The Balaban J connectivity index is 1.64. The SMILES string of the molecule is O=[N+]([O-])c1ccc(CSc2nnc(-n3cccc3)s2)cc1. The standard InChI is InChI=1S/C13H10N4O2S2/c18-17(19)11-5-3-10(4-6-11)9-20-13-15-14-12(21-13)16-7-1-2-8-16/h1-8H,9H2. The minimum absolute atomic E-state index is 0.106. The van der Waals surface area contributed by atoms with Gasteiger partial charge in [-0.15, -0.1) is 10.2 Å².